The van der Waals surface area contributed by atoms with Crippen LogP contribution in [0.25, 0.3) is 5.69 Å². The summed E-state index contributed by atoms with van der Waals surface area (Å²) in [6, 6.07) is 6.41. The number of benzene rings is 1. The molecule has 1 fully saturated rings. The van der Waals surface area contributed by atoms with Crippen LogP contribution >= 0.6 is 12.4 Å². The molecule has 9 heteroatoms. The Hall–Kier alpha value is -2.06. The quantitative estimate of drug-likeness (QED) is 0.823. The summed E-state index contributed by atoms with van der Waals surface area (Å²) in [5, 5.41) is 6.52. The van der Waals surface area contributed by atoms with Gasteiger partial charge in [0.25, 0.3) is 5.91 Å². The molecule has 1 aromatic heterocycles. The molecular formula is C18H22ClF3N4O. The average Bonchev–Trinajstić information content (AvgIpc) is 3.03. The molecule has 0 unspecified atom stereocenters. The Morgan fingerprint density at radius 3 is 2.33 bits per heavy atom. The molecule has 0 bridgehead atoms. The third-order valence-electron chi connectivity index (χ3n) is 4.67. The Morgan fingerprint density at radius 1 is 1.19 bits per heavy atom. The SMILES string of the molecule is Cc1ccc(-n2ncc(C(=O)NC3CCC(N)CC3)c2C(F)(F)F)cc1.Cl. The molecule has 2 aromatic rings. The van der Waals surface area contributed by atoms with Gasteiger partial charge in [-0.05, 0) is 44.7 Å². The van der Waals surface area contributed by atoms with Crippen LogP contribution in [0.3, 0.4) is 0 Å². The maximum Gasteiger partial charge on any atom is 0.434 e. The fourth-order valence-electron chi connectivity index (χ4n) is 3.20. The van der Waals surface area contributed by atoms with Crippen molar-refractivity contribution in [1.29, 1.82) is 0 Å². The van der Waals surface area contributed by atoms with Gasteiger partial charge in [0.05, 0.1) is 17.4 Å². The van der Waals surface area contributed by atoms with Crippen molar-refractivity contribution in [3.63, 3.8) is 0 Å². The van der Waals surface area contributed by atoms with Crippen LogP contribution in [0.5, 0.6) is 0 Å². The van der Waals surface area contributed by atoms with Gasteiger partial charge in [0.15, 0.2) is 5.69 Å². The van der Waals surface area contributed by atoms with E-state index in [1.807, 2.05) is 6.92 Å². The van der Waals surface area contributed by atoms with Crippen molar-refractivity contribution in [1.82, 2.24) is 15.1 Å². The summed E-state index contributed by atoms with van der Waals surface area (Å²) in [4.78, 5) is 12.5. The summed E-state index contributed by atoms with van der Waals surface area (Å²) >= 11 is 0. The summed E-state index contributed by atoms with van der Waals surface area (Å²) < 4.78 is 41.7. The largest absolute Gasteiger partial charge is 0.434 e. The molecule has 1 aromatic carbocycles. The lowest BCUT2D eigenvalue weighted by molar-refractivity contribution is -0.143. The lowest BCUT2D eigenvalue weighted by Gasteiger charge is -2.26. The molecule has 5 nitrogen and oxygen atoms in total. The monoisotopic (exact) mass is 402 g/mol. The Morgan fingerprint density at radius 2 is 1.78 bits per heavy atom. The maximum atomic E-state index is 13.6. The number of hydrogen-bond donors (Lipinski definition) is 2. The number of carbonyl (C=O) groups excluding carboxylic acids is 1. The molecule has 148 valence electrons. The third kappa shape index (κ3) is 4.81. The molecule has 1 amide bonds. The summed E-state index contributed by atoms with van der Waals surface area (Å²) in [6.07, 6.45) is -0.893. The molecule has 1 aliphatic carbocycles. The zero-order valence-electron chi connectivity index (χ0n) is 14.8. The van der Waals surface area contributed by atoms with E-state index in [9.17, 15) is 18.0 Å². The van der Waals surface area contributed by atoms with Crippen molar-refractivity contribution in [3.8, 4) is 5.69 Å². The number of halogens is 4. The van der Waals surface area contributed by atoms with Crippen LogP contribution in [-0.4, -0.2) is 27.8 Å². The van der Waals surface area contributed by atoms with Crippen molar-refractivity contribution < 1.29 is 18.0 Å². The van der Waals surface area contributed by atoms with Crippen LogP contribution in [-0.2, 0) is 6.18 Å². The number of nitrogens with zero attached hydrogens (tertiary/aromatic N) is 2. The molecule has 0 aliphatic heterocycles. The smallest absolute Gasteiger partial charge is 0.349 e. The van der Waals surface area contributed by atoms with E-state index in [-0.39, 0.29) is 30.2 Å². The molecule has 0 saturated heterocycles. The second-order valence-electron chi connectivity index (χ2n) is 6.74. The minimum Gasteiger partial charge on any atom is -0.349 e. The molecule has 1 aliphatic rings. The van der Waals surface area contributed by atoms with Gasteiger partial charge in [0.1, 0.15) is 0 Å². The number of nitrogens with one attached hydrogen (secondary N) is 1. The highest BCUT2D eigenvalue weighted by Crippen LogP contribution is 2.34. The van der Waals surface area contributed by atoms with E-state index in [1.165, 1.54) is 0 Å². The average molecular weight is 403 g/mol. The lowest BCUT2D eigenvalue weighted by Crippen LogP contribution is -2.41. The lowest BCUT2D eigenvalue weighted by atomic mass is 9.91. The predicted octanol–water partition coefficient (Wildman–Crippen LogP) is 3.62. The highest BCUT2D eigenvalue weighted by atomic mass is 35.5. The number of rotatable bonds is 3. The highest BCUT2D eigenvalue weighted by molar-refractivity contribution is 5.95. The van der Waals surface area contributed by atoms with E-state index < -0.39 is 23.3 Å². The number of carbonyl (C=O) groups is 1. The normalized spacial score (nSPS) is 20.0. The van der Waals surface area contributed by atoms with Crippen LogP contribution in [0.4, 0.5) is 13.2 Å². The molecule has 0 atom stereocenters. The van der Waals surface area contributed by atoms with E-state index >= 15 is 0 Å². The number of alkyl halides is 3. The molecular weight excluding hydrogens is 381 g/mol. The first-order valence-electron chi connectivity index (χ1n) is 8.54. The van der Waals surface area contributed by atoms with Crippen molar-refractivity contribution in [3.05, 3.63) is 47.3 Å². The van der Waals surface area contributed by atoms with Crippen LogP contribution in [0.15, 0.2) is 30.5 Å². The predicted molar refractivity (Wildman–Crippen MR) is 98.2 cm³/mol. The summed E-state index contributed by atoms with van der Waals surface area (Å²) in [5.74, 6) is -0.754. The van der Waals surface area contributed by atoms with E-state index in [1.54, 1.807) is 24.3 Å². The second-order valence-corrected chi connectivity index (χ2v) is 6.74. The number of nitrogens with two attached hydrogens (primary N) is 1. The first kappa shape index (κ1) is 21.2. The summed E-state index contributed by atoms with van der Waals surface area (Å²) in [5.41, 5.74) is 5.47. The first-order valence-corrected chi connectivity index (χ1v) is 8.54. The third-order valence-corrected chi connectivity index (χ3v) is 4.67. The number of amides is 1. The molecule has 0 radical (unpaired) electrons. The van der Waals surface area contributed by atoms with Crippen molar-refractivity contribution in [2.75, 3.05) is 0 Å². The Balaban J connectivity index is 0.00000261. The Labute approximate surface area is 161 Å². The minimum atomic E-state index is -4.71. The molecule has 0 spiro atoms. The van der Waals surface area contributed by atoms with Gasteiger partial charge in [0.2, 0.25) is 0 Å². The van der Waals surface area contributed by atoms with Gasteiger partial charge in [-0.1, -0.05) is 17.7 Å². The van der Waals surface area contributed by atoms with Gasteiger partial charge in [-0.3, -0.25) is 4.79 Å². The van der Waals surface area contributed by atoms with Crippen molar-refractivity contribution >= 4 is 18.3 Å². The fourth-order valence-corrected chi connectivity index (χ4v) is 3.20. The molecule has 1 saturated carbocycles. The zero-order chi connectivity index (χ0) is 18.9. The van der Waals surface area contributed by atoms with E-state index in [0.717, 1.165) is 29.3 Å². The van der Waals surface area contributed by atoms with Gasteiger partial charge in [-0.15, -0.1) is 12.4 Å². The standard InChI is InChI=1S/C18H21F3N4O.ClH/c1-11-2-8-14(9-3-11)25-16(18(19,20)21)15(10-23-25)17(26)24-13-6-4-12(22)5-7-13;/h2-3,8-10,12-13H,4-7,22H2,1H3,(H,24,26);1H. The molecule has 1 heterocycles. The topological polar surface area (TPSA) is 72.9 Å². The fraction of sp³-hybridized carbons (Fsp3) is 0.444. The van der Waals surface area contributed by atoms with Gasteiger partial charge in [0, 0.05) is 12.1 Å². The number of hydrogen-bond acceptors (Lipinski definition) is 3. The van der Waals surface area contributed by atoms with Crippen LogP contribution in [0.1, 0.15) is 47.3 Å². The molecule has 3 N–H and O–H groups in total. The number of aromatic nitrogens is 2. The first-order chi connectivity index (χ1) is 12.3. The maximum absolute atomic E-state index is 13.6. The van der Waals surface area contributed by atoms with Crippen LogP contribution in [0.2, 0.25) is 0 Å². The molecule has 27 heavy (non-hydrogen) atoms. The van der Waals surface area contributed by atoms with Gasteiger partial charge >= 0.3 is 6.18 Å². The second kappa shape index (κ2) is 8.31. The van der Waals surface area contributed by atoms with Gasteiger partial charge < -0.3 is 11.1 Å². The zero-order valence-corrected chi connectivity index (χ0v) is 15.6. The van der Waals surface area contributed by atoms with Gasteiger partial charge in [-0.2, -0.15) is 18.3 Å². The van der Waals surface area contributed by atoms with Crippen molar-refractivity contribution in [2.24, 2.45) is 5.73 Å². The van der Waals surface area contributed by atoms with Crippen molar-refractivity contribution in [2.45, 2.75) is 50.9 Å². The van der Waals surface area contributed by atoms with E-state index in [0.29, 0.717) is 12.8 Å². The van der Waals surface area contributed by atoms with E-state index in [2.05, 4.69) is 10.4 Å². The number of aryl methyl sites for hydroxylation is 1. The minimum absolute atomic E-state index is 0. The summed E-state index contributed by atoms with van der Waals surface area (Å²) in [7, 11) is 0. The Bertz CT molecular complexity index is 781. The Kier molecular flexibility index (Phi) is 6.54. The van der Waals surface area contributed by atoms with Gasteiger partial charge in [-0.25, -0.2) is 4.68 Å². The van der Waals surface area contributed by atoms with Crippen LogP contribution in [0, 0.1) is 6.92 Å². The highest BCUT2D eigenvalue weighted by Gasteiger charge is 2.41. The molecule has 3 rings (SSSR count). The van der Waals surface area contributed by atoms with E-state index in [4.69, 9.17) is 5.73 Å². The summed E-state index contributed by atoms with van der Waals surface area (Å²) in [6.45, 7) is 1.84. The van der Waals surface area contributed by atoms with Crippen LogP contribution < -0.4 is 11.1 Å².